The standard InChI is InChI=1S/C15H4N2/c1-3-5-7-9-11-16-13-14-17(15-16)12-10-8-6-4-2/h1-2,13-14H. The fourth-order valence-corrected chi connectivity index (χ4v) is 0.752. The van der Waals surface area contributed by atoms with Gasteiger partial charge in [-0.1, -0.05) is 0 Å². The van der Waals surface area contributed by atoms with Crippen LogP contribution in [0.2, 0.25) is 0 Å². The first kappa shape index (κ1) is 11.8. The second-order valence-electron chi connectivity index (χ2n) is 2.40. The van der Waals surface area contributed by atoms with E-state index in [4.69, 9.17) is 12.8 Å². The van der Waals surface area contributed by atoms with Crippen molar-refractivity contribution in [3.63, 3.8) is 0 Å². The topological polar surface area (TPSA) is 6.48 Å². The lowest BCUT2D eigenvalue weighted by Crippen LogP contribution is -2.10. The molecule has 1 rings (SSSR count). The molecule has 0 bridgehead atoms. The molecule has 0 saturated heterocycles. The van der Waals surface area contributed by atoms with Crippen molar-refractivity contribution in [2.24, 2.45) is 0 Å². The quantitative estimate of drug-likeness (QED) is 0.532. The molecule has 0 aromatic rings. The molecular formula is C15H4N2. The predicted octanol–water partition coefficient (Wildman–Crippen LogP) is 0.266. The smallest absolute Gasteiger partial charge is 0.233 e. The van der Waals surface area contributed by atoms with E-state index in [1.807, 2.05) is 0 Å². The highest BCUT2D eigenvalue weighted by atomic mass is 15.3. The summed E-state index contributed by atoms with van der Waals surface area (Å²) >= 11 is 0. The van der Waals surface area contributed by atoms with Crippen molar-refractivity contribution in [3.05, 3.63) is 19.1 Å². The highest BCUT2D eigenvalue weighted by Crippen LogP contribution is 2.07. The van der Waals surface area contributed by atoms with Crippen LogP contribution in [0.1, 0.15) is 0 Å². The van der Waals surface area contributed by atoms with Gasteiger partial charge in [0, 0.05) is 48.2 Å². The van der Waals surface area contributed by atoms with E-state index < -0.39 is 0 Å². The van der Waals surface area contributed by atoms with E-state index >= 15 is 0 Å². The van der Waals surface area contributed by atoms with Crippen LogP contribution in [0.25, 0.3) is 0 Å². The van der Waals surface area contributed by atoms with Crippen LogP contribution in [0.3, 0.4) is 0 Å². The average molecular weight is 212 g/mol. The second-order valence-corrected chi connectivity index (χ2v) is 2.40. The molecule has 2 nitrogen and oxygen atoms in total. The van der Waals surface area contributed by atoms with Crippen molar-refractivity contribution in [1.29, 1.82) is 0 Å². The second kappa shape index (κ2) is 7.05. The third-order valence-electron chi connectivity index (χ3n) is 1.33. The van der Waals surface area contributed by atoms with Crippen LogP contribution in [0, 0.1) is 79.0 Å². The molecule has 0 amide bonds. The summed E-state index contributed by atoms with van der Waals surface area (Å²) in [4.78, 5) is 2.96. The lowest BCUT2D eigenvalue weighted by atomic mass is 10.6. The predicted molar refractivity (Wildman–Crippen MR) is 64.8 cm³/mol. The van der Waals surface area contributed by atoms with Gasteiger partial charge in [0.15, 0.2) is 0 Å². The molecule has 1 aliphatic rings. The Morgan fingerprint density at radius 3 is 1.59 bits per heavy atom. The van der Waals surface area contributed by atoms with Gasteiger partial charge >= 0.3 is 0 Å². The van der Waals surface area contributed by atoms with Crippen molar-refractivity contribution >= 4 is 0 Å². The maximum absolute atomic E-state index is 4.94. The fraction of sp³-hybridized carbons (Fsp3) is 0. The van der Waals surface area contributed by atoms with E-state index in [-0.39, 0.29) is 0 Å². The summed E-state index contributed by atoms with van der Waals surface area (Å²) in [6, 6.07) is 5.37. The molecule has 2 heteroatoms. The first-order valence-corrected chi connectivity index (χ1v) is 4.32. The minimum absolute atomic E-state index is 1.48. The summed E-state index contributed by atoms with van der Waals surface area (Å²) in [6.45, 7) is 2.81. The molecule has 0 aromatic carbocycles. The van der Waals surface area contributed by atoms with Crippen LogP contribution < -0.4 is 0 Å². The van der Waals surface area contributed by atoms with Gasteiger partial charge in [-0.25, -0.2) is 0 Å². The molecule has 0 aromatic heterocycles. The van der Waals surface area contributed by atoms with E-state index in [1.54, 1.807) is 12.4 Å². The number of rotatable bonds is 0. The van der Waals surface area contributed by atoms with Crippen molar-refractivity contribution in [1.82, 2.24) is 9.80 Å². The molecule has 0 fully saturated rings. The van der Waals surface area contributed by atoms with Gasteiger partial charge in [0.05, 0.1) is 0 Å². The zero-order chi connectivity index (χ0) is 12.3. The van der Waals surface area contributed by atoms with E-state index in [9.17, 15) is 0 Å². The van der Waals surface area contributed by atoms with Gasteiger partial charge < -0.3 is 0 Å². The molecule has 0 saturated carbocycles. The van der Waals surface area contributed by atoms with Crippen LogP contribution in [-0.2, 0) is 0 Å². The van der Waals surface area contributed by atoms with Crippen molar-refractivity contribution in [2.45, 2.75) is 0 Å². The summed E-state index contributed by atoms with van der Waals surface area (Å²) in [5, 5.41) is 0. The Hall–Kier alpha value is -3.30. The average Bonchev–Trinajstić information content (AvgIpc) is 2.78. The third-order valence-corrected chi connectivity index (χ3v) is 1.33. The van der Waals surface area contributed by atoms with E-state index in [2.05, 4.69) is 66.1 Å². The number of terminal acetylenes is 2. The molecular weight excluding hydrogens is 208 g/mol. The summed E-state index contributed by atoms with van der Waals surface area (Å²) in [5.74, 6) is 19.1. The number of hydrogen-bond acceptors (Lipinski definition) is 2. The first-order valence-electron chi connectivity index (χ1n) is 4.32. The highest BCUT2D eigenvalue weighted by molar-refractivity contribution is 5.36. The van der Waals surface area contributed by atoms with Crippen molar-refractivity contribution < 1.29 is 0 Å². The van der Waals surface area contributed by atoms with Gasteiger partial charge in [0.25, 0.3) is 0 Å². The Bertz CT molecular complexity index is 580. The summed E-state index contributed by atoms with van der Waals surface area (Å²) in [7, 11) is 0. The summed E-state index contributed by atoms with van der Waals surface area (Å²) in [6.07, 6.45) is 13.2. The molecule has 17 heavy (non-hydrogen) atoms. The SMILES string of the molecule is C#CC#CC#CN1[C]N(C#CC#CC#C)C=C1. The van der Waals surface area contributed by atoms with Gasteiger partial charge in [0.1, 0.15) is 0 Å². The van der Waals surface area contributed by atoms with Crippen LogP contribution in [0.4, 0.5) is 0 Å². The van der Waals surface area contributed by atoms with Gasteiger partial charge in [-0.2, -0.15) is 0 Å². The molecule has 2 radical (unpaired) electrons. The minimum atomic E-state index is 1.48. The Morgan fingerprint density at radius 1 is 0.706 bits per heavy atom. The fourth-order valence-electron chi connectivity index (χ4n) is 0.752. The van der Waals surface area contributed by atoms with Crippen LogP contribution >= 0.6 is 0 Å². The lowest BCUT2D eigenvalue weighted by molar-refractivity contribution is 0.526. The van der Waals surface area contributed by atoms with E-state index in [0.29, 0.717) is 0 Å². The van der Waals surface area contributed by atoms with Gasteiger partial charge in [-0.15, -0.1) is 12.8 Å². The van der Waals surface area contributed by atoms with Crippen LogP contribution in [-0.4, -0.2) is 9.80 Å². The van der Waals surface area contributed by atoms with Gasteiger partial charge in [-0.3, -0.25) is 9.80 Å². The zero-order valence-electron chi connectivity index (χ0n) is 8.70. The lowest BCUT2D eigenvalue weighted by Gasteiger charge is -2.05. The molecule has 0 spiro atoms. The molecule has 1 aliphatic heterocycles. The monoisotopic (exact) mass is 212 g/mol. The highest BCUT2D eigenvalue weighted by Gasteiger charge is 2.09. The molecule has 0 N–H and O–H groups in total. The maximum atomic E-state index is 4.94. The zero-order valence-corrected chi connectivity index (χ0v) is 8.70. The summed E-state index contributed by atoms with van der Waals surface area (Å²) < 4.78 is 0. The normalized spacial score (nSPS) is 10.0. The molecule has 74 valence electrons. The third kappa shape index (κ3) is 4.64. The number of hydrogen-bond donors (Lipinski definition) is 0. The van der Waals surface area contributed by atoms with Gasteiger partial charge in [0.2, 0.25) is 6.67 Å². The van der Waals surface area contributed by atoms with Crippen LogP contribution in [0.15, 0.2) is 12.4 Å². The Kier molecular flexibility index (Phi) is 4.88. The maximum Gasteiger partial charge on any atom is 0.233 e. The van der Waals surface area contributed by atoms with Gasteiger partial charge in [-0.05, 0) is 23.7 Å². The Labute approximate surface area is 102 Å². The van der Waals surface area contributed by atoms with Crippen molar-refractivity contribution in [2.75, 3.05) is 0 Å². The molecule has 1 heterocycles. The largest absolute Gasteiger partial charge is 0.272 e. The minimum Gasteiger partial charge on any atom is -0.272 e. The first-order chi connectivity index (χ1) is 8.36. The van der Waals surface area contributed by atoms with Crippen molar-refractivity contribution in [3.8, 4) is 72.3 Å². The molecule has 0 unspecified atom stereocenters. The Morgan fingerprint density at radius 2 is 1.18 bits per heavy atom. The summed E-state index contributed by atoms with van der Waals surface area (Å²) in [5.41, 5.74) is 0. The molecule has 0 aliphatic carbocycles. The Balaban J connectivity index is 2.51. The van der Waals surface area contributed by atoms with E-state index in [0.717, 1.165) is 0 Å². The van der Waals surface area contributed by atoms with E-state index in [1.165, 1.54) is 9.80 Å². The number of nitrogens with zero attached hydrogens (tertiary/aromatic N) is 2. The molecule has 0 atom stereocenters. The van der Waals surface area contributed by atoms with Crippen LogP contribution in [0.5, 0.6) is 0 Å².